The molecule has 0 saturated heterocycles. The SMILES string of the molecule is C[C@H](CCS(C)(=O)=O)NS(=O)(=O)c1ccc2c(c1)CCCC2. The number of sulfone groups is 1. The Labute approximate surface area is 133 Å². The van der Waals surface area contributed by atoms with Crippen LogP contribution in [0.25, 0.3) is 0 Å². The predicted octanol–water partition coefficient (Wildman–Crippen LogP) is 1.67. The molecule has 0 aromatic heterocycles. The van der Waals surface area contributed by atoms with Gasteiger partial charge in [-0.05, 0) is 62.3 Å². The minimum Gasteiger partial charge on any atom is -0.229 e. The maximum Gasteiger partial charge on any atom is 0.240 e. The summed E-state index contributed by atoms with van der Waals surface area (Å²) in [5, 5.41) is 0. The molecule has 0 saturated carbocycles. The van der Waals surface area contributed by atoms with Crippen LogP contribution in [-0.4, -0.2) is 34.9 Å². The van der Waals surface area contributed by atoms with Gasteiger partial charge in [-0.2, -0.15) is 0 Å². The topological polar surface area (TPSA) is 80.3 Å². The molecular weight excluding hydrogens is 322 g/mol. The molecule has 0 radical (unpaired) electrons. The molecule has 0 amide bonds. The van der Waals surface area contributed by atoms with Crippen molar-refractivity contribution in [3.8, 4) is 0 Å². The van der Waals surface area contributed by atoms with Gasteiger partial charge in [0.1, 0.15) is 9.84 Å². The Morgan fingerprint density at radius 2 is 1.73 bits per heavy atom. The molecule has 0 unspecified atom stereocenters. The number of nitrogens with one attached hydrogen (secondary N) is 1. The van der Waals surface area contributed by atoms with Crippen molar-refractivity contribution in [3.05, 3.63) is 29.3 Å². The largest absolute Gasteiger partial charge is 0.240 e. The molecule has 0 bridgehead atoms. The fourth-order valence-electron chi connectivity index (χ4n) is 2.66. The molecule has 1 aromatic carbocycles. The van der Waals surface area contributed by atoms with Crippen LogP contribution in [-0.2, 0) is 32.7 Å². The Balaban J connectivity index is 2.10. The van der Waals surface area contributed by atoms with E-state index >= 15 is 0 Å². The van der Waals surface area contributed by atoms with Gasteiger partial charge >= 0.3 is 0 Å². The summed E-state index contributed by atoms with van der Waals surface area (Å²) in [6.07, 6.45) is 5.59. The van der Waals surface area contributed by atoms with Crippen molar-refractivity contribution < 1.29 is 16.8 Å². The Hall–Kier alpha value is -0.920. The number of rotatable bonds is 6. The molecule has 124 valence electrons. The number of fused-ring (bicyclic) bond motifs is 1. The number of aryl methyl sites for hydroxylation is 2. The molecule has 1 aliphatic rings. The van der Waals surface area contributed by atoms with E-state index in [1.165, 1.54) is 5.56 Å². The number of hydrogen-bond acceptors (Lipinski definition) is 4. The molecule has 22 heavy (non-hydrogen) atoms. The van der Waals surface area contributed by atoms with Gasteiger partial charge in [-0.3, -0.25) is 0 Å². The molecule has 1 N–H and O–H groups in total. The normalized spacial score (nSPS) is 17.0. The predicted molar refractivity (Wildman–Crippen MR) is 87.2 cm³/mol. The highest BCUT2D eigenvalue weighted by molar-refractivity contribution is 7.90. The van der Waals surface area contributed by atoms with Crippen LogP contribution in [0, 0.1) is 0 Å². The molecule has 0 aliphatic heterocycles. The van der Waals surface area contributed by atoms with E-state index in [4.69, 9.17) is 0 Å². The highest BCUT2D eigenvalue weighted by atomic mass is 32.2. The first kappa shape index (κ1) is 17.4. The van der Waals surface area contributed by atoms with Gasteiger partial charge in [0.2, 0.25) is 10.0 Å². The van der Waals surface area contributed by atoms with E-state index in [1.807, 2.05) is 6.07 Å². The minimum atomic E-state index is -3.61. The molecule has 1 aliphatic carbocycles. The third-order valence-electron chi connectivity index (χ3n) is 3.91. The van der Waals surface area contributed by atoms with Gasteiger partial charge in [-0.1, -0.05) is 6.07 Å². The monoisotopic (exact) mass is 345 g/mol. The molecule has 1 atom stereocenters. The van der Waals surface area contributed by atoms with E-state index in [9.17, 15) is 16.8 Å². The van der Waals surface area contributed by atoms with Gasteiger partial charge in [-0.15, -0.1) is 0 Å². The van der Waals surface area contributed by atoms with Gasteiger partial charge < -0.3 is 0 Å². The van der Waals surface area contributed by atoms with E-state index in [1.54, 1.807) is 19.1 Å². The Morgan fingerprint density at radius 3 is 2.36 bits per heavy atom. The standard InChI is InChI=1S/C15H23NO4S2/c1-12(9-10-21(2,17)18)16-22(19,20)15-8-7-13-5-3-4-6-14(13)11-15/h7-8,11-12,16H,3-6,9-10H2,1-2H3/t12-/m1/s1. The van der Waals surface area contributed by atoms with Crippen LogP contribution in [0.4, 0.5) is 0 Å². The fourth-order valence-corrected chi connectivity index (χ4v) is 4.77. The molecule has 0 fully saturated rings. The highest BCUT2D eigenvalue weighted by Crippen LogP contribution is 2.24. The van der Waals surface area contributed by atoms with E-state index in [-0.39, 0.29) is 17.1 Å². The van der Waals surface area contributed by atoms with Crippen molar-refractivity contribution in [1.29, 1.82) is 0 Å². The van der Waals surface area contributed by atoms with Crippen molar-refractivity contribution in [1.82, 2.24) is 4.72 Å². The van der Waals surface area contributed by atoms with Gasteiger partial charge in [0.25, 0.3) is 0 Å². The maximum atomic E-state index is 12.4. The second kappa shape index (κ2) is 6.68. The lowest BCUT2D eigenvalue weighted by molar-refractivity contribution is 0.550. The lowest BCUT2D eigenvalue weighted by Gasteiger charge is -2.18. The first-order valence-electron chi connectivity index (χ1n) is 7.49. The quantitative estimate of drug-likeness (QED) is 0.850. The zero-order valence-corrected chi connectivity index (χ0v) is 14.6. The summed E-state index contributed by atoms with van der Waals surface area (Å²) in [5.74, 6) is -0.0269. The van der Waals surface area contributed by atoms with Crippen LogP contribution < -0.4 is 4.72 Å². The number of sulfonamides is 1. The van der Waals surface area contributed by atoms with Gasteiger partial charge in [0, 0.05) is 12.3 Å². The summed E-state index contributed by atoms with van der Waals surface area (Å²) in [5.41, 5.74) is 2.34. The molecule has 0 spiro atoms. The molecule has 5 nitrogen and oxygen atoms in total. The first-order chi connectivity index (χ1) is 10.2. The summed E-state index contributed by atoms with van der Waals surface area (Å²) >= 11 is 0. The van der Waals surface area contributed by atoms with E-state index in [2.05, 4.69) is 4.72 Å². The zero-order chi connectivity index (χ0) is 16.4. The second-order valence-corrected chi connectivity index (χ2v) is 10.1. The lowest BCUT2D eigenvalue weighted by atomic mass is 9.92. The average Bonchev–Trinajstić information content (AvgIpc) is 2.43. The van der Waals surface area contributed by atoms with Crippen LogP contribution in [0.2, 0.25) is 0 Å². The maximum absolute atomic E-state index is 12.4. The molecular formula is C15H23NO4S2. The minimum absolute atomic E-state index is 0.0269. The molecule has 2 rings (SSSR count). The van der Waals surface area contributed by atoms with Crippen molar-refractivity contribution >= 4 is 19.9 Å². The van der Waals surface area contributed by atoms with Crippen molar-refractivity contribution in [3.63, 3.8) is 0 Å². The third-order valence-corrected chi connectivity index (χ3v) is 6.47. The van der Waals surface area contributed by atoms with Crippen molar-refractivity contribution in [2.45, 2.75) is 50.0 Å². The summed E-state index contributed by atoms with van der Waals surface area (Å²) < 4.78 is 49.7. The van der Waals surface area contributed by atoms with Crippen LogP contribution in [0.15, 0.2) is 23.1 Å². The summed E-state index contributed by atoms with van der Waals surface area (Å²) in [7, 11) is -6.69. The first-order valence-corrected chi connectivity index (χ1v) is 11.0. The molecule has 7 heteroatoms. The van der Waals surface area contributed by atoms with Crippen LogP contribution in [0.5, 0.6) is 0 Å². The van der Waals surface area contributed by atoms with Crippen molar-refractivity contribution in [2.24, 2.45) is 0 Å². The Bertz CT molecular complexity index is 739. The zero-order valence-electron chi connectivity index (χ0n) is 13.0. The van der Waals surface area contributed by atoms with Crippen LogP contribution in [0.1, 0.15) is 37.3 Å². The third kappa shape index (κ3) is 4.79. The summed E-state index contributed by atoms with van der Waals surface area (Å²) in [4.78, 5) is 0.263. The number of benzene rings is 1. The van der Waals surface area contributed by atoms with Gasteiger partial charge in [0.05, 0.1) is 10.6 Å². The summed E-state index contributed by atoms with van der Waals surface area (Å²) in [6.45, 7) is 1.68. The van der Waals surface area contributed by atoms with E-state index in [0.717, 1.165) is 37.5 Å². The Morgan fingerprint density at radius 1 is 1.09 bits per heavy atom. The average molecular weight is 345 g/mol. The molecule has 1 aromatic rings. The van der Waals surface area contributed by atoms with E-state index in [0.29, 0.717) is 0 Å². The van der Waals surface area contributed by atoms with Crippen LogP contribution >= 0.6 is 0 Å². The highest BCUT2D eigenvalue weighted by Gasteiger charge is 2.20. The fraction of sp³-hybridized carbons (Fsp3) is 0.600. The van der Waals surface area contributed by atoms with E-state index < -0.39 is 25.9 Å². The van der Waals surface area contributed by atoms with Gasteiger partial charge in [-0.25, -0.2) is 21.6 Å². The lowest BCUT2D eigenvalue weighted by Crippen LogP contribution is -2.34. The van der Waals surface area contributed by atoms with Crippen molar-refractivity contribution in [2.75, 3.05) is 12.0 Å². The summed E-state index contributed by atoms with van der Waals surface area (Å²) in [6, 6.07) is 4.86. The smallest absolute Gasteiger partial charge is 0.229 e. The molecule has 0 heterocycles. The number of hydrogen-bond donors (Lipinski definition) is 1. The van der Waals surface area contributed by atoms with Crippen LogP contribution in [0.3, 0.4) is 0 Å². The second-order valence-electron chi connectivity index (χ2n) is 6.08. The van der Waals surface area contributed by atoms with Gasteiger partial charge in [0.15, 0.2) is 0 Å². The Kier molecular flexibility index (Phi) is 5.29.